The van der Waals surface area contributed by atoms with Crippen LogP contribution in [-0.2, 0) is 4.79 Å². The maximum atomic E-state index is 10.3. The molecule has 0 aliphatic heterocycles. The molecule has 0 radical (unpaired) electrons. The van der Waals surface area contributed by atoms with Crippen molar-refractivity contribution >= 4 is 14.8 Å². The molecular formula is C5H9O4P. The standard InChI is InChI=1S/C5H9O4P/c1-2(6)3(7)4(8)5(9)10/h3-4,6-8H,1,10H2/t3-,4+/m0/s1. The Morgan fingerprint density at radius 3 is 1.90 bits per heavy atom. The molecule has 0 rings (SSSR count). The van der Waals surface area contributed by atoms with E-state index in [1.54, 1.807) is 9.24 Å². The molecule has 0 fully saturated rings. The Balaban J connectivity index is 4.07. The summed E-state index contributed by atoms with van der Waals surface area (Å²) in [4.78, 5) is 10.3. The molecule has 0 saturated carbocycles. The monoisotopic (exact) mass is 164 g/mol. The molecule has 10 heavy (non-hydrogen) atoms. The largest absolute Gasteiger partial charge is 0.510 e. The number of aliphatic hydroxyl groups is 3. The molecule has 5 heteroatoms. The molecule has 0 aliphatic rings. The molecule has 0 amide bonds. The van der Waals surface area contributed by atoms with Crippen molar-refractivity contribution in [3.63, 3.8) is 0 Å². The van der Waals surface area contributed by atoms with Gasteiger partial charge in [-0.2, -0.15) is 0 Å². The van der Waals surface area contributed by atoms with Gasteiger partial charge in [0, 0.05) is 0 Å². The second-order valence-corrected chi connectivity index (χ2v) is 2.35. The molecule has 0 saturated heterocycles. The Hall–Kier alpha value is -0.440. The highest BCUT2D eigenvalue weighted by atomic mass is 31.0. The van der Waals surface area contributed by atoms with Crippen molar-refractivity contribution in [2.45, 2.75) is 12.2 Å². The zero-order chi connectivity index (χ0) is 8.31. The van der Waals surface area contributed by atoms with Crippen molar-refractivity contribution in [3.05, 3.63) is 12.3 Å². The summed E-state index contributed by atoms with van der Waals surface area (Å²) in [6.07, 6.45) is -3.20. The highest BCUT2D eigenvalue weighted by Crippen LogP contribution is 2.05. The van der Waals surface area contributed by atoms with E-state index in [4.69, 9.17) is 15.3 Å². The van der Waals surface area contributed by atoms with Gasteiger partial charge >= 0.3 is 0 Å². The number of aliphatic hydroxyl groups excluding tert-OH is 3. The average molecular weight is 164 g/mol. The van der Waals surface area contributed by atoms with Gasteiger partial charge in [0.05, 0.1) is 0 Å². The van der Waals surface area contributed by atoms with Gasteiger partial charge in [0.15, 0.2) is 5.52 Å². The normalized spacial score (nSPS) is 15.9. The molecule has 3 atom stereocenters. The van der Waals surface area contributed by atoms with Crippen molar-refractivity contribution in [1.82, 2.24) is 0 Å². The van der Waals surface area contributed by atoms with Gasteiger partial charge in [-0.3, -0.25) is 4.79 Å². The predicted molar refractivity (Wildman–Crippen MR) is 38.5 cm³/mol. The lowest BCUT2D eigenvalue weighted by Gasteiger charge is -2.12. The number of hydrogen-bond acceptors (Lipinski definition) is 4. The second-order valence-electron chi connectivity index (χ2n) is 1.78. The van der Waals surface area contributed by atoms with Crippen molar-refractivity contribution in [1.29, 1.82) is 0 Å². The number of carbonyl (C=O) groups excluding carboxylic acids is 1. The second kappa shape index (κ2) is 3.66. The van der Waals surface area contributed by atoms with Gasteiger partial charge in [-0.15, -0.1) is 0 Å². The third-order valence-corrected chi connectivity index (χ3v) is 1.27. The highest BCUT2D eigenvalue weighted by Gasteiger charge is 2.22. The van der Waals surface area contributed by atoms with Crippen LogP contribution in [-0.4, -0.2) is 33.1 Å². The Morgan fingerprint density at radius 2 is 1.80 bits per heavy atom. The van der Waals surface area contributed by atoms with E-state index in [0.29, 0.717) is 0 Å². The van der Waals surface area contributed by atoms with E-state index < -0.39 is 23.5 Å². The Morgan fingerprint density at radius 1 is 1.40 bits per heavy atom. The van der Waals surface area contributed by atoms with Crippen LogP contribution in [0.15, 0.2) is 12.3 Å². The Kier molecular flexibility index (Phi) is 3.50. The summed E-state index contributed by atoms with van der Waals surface area (Å²) in [7, 11) is 1.69. The van der Waals surface area contributed by atoms with Gasteiger partial charge in [-0.05, 0) is 0 Å². The summed E-state index contributed by atoms with van der Waals surface area (Å²) < 4.78 is 0. The van der Waals surface area contributed by atoms with E-state index in [2.05, 4.69) is 6.58 Å². The lowest BCUT2D eigenvalue weighted by molar-refractivity contribution is -0.123. The molecule has 3 N–H and O–H groups in total. The van der Waals surface area contributed by atoms with Crippen LogP contribution in [0.4, 0.5) is 0 Å². The van der Waals surface area contributed by atoms with Crippen molar-refractivity contribution in [3.8, 4) is 0 Å². The minimum atomic E-state index is -1.61. The van der Waals surface area contributed by atoms with Gasteiger partial charge in [-0.25, -0.2) is 0 Å². The molecule has 0 aromatic heterocycles. The molecular weight excluding hydrogens is 155 g/mol. The van der Waals surface area contributed by atoms with Crippen molar-refractivity contribution in [2.75, 3.05) is 0 Å². The first-order chi connectivity index (χ1) is 4.46. The van der Waals surface area contributed by atoms with E-state index in [-0.39, 0.29) is 0 Å². The van der Waals surface area contributed by atoms with Crippen LogP contribution in [0.25, 0.3) is 0 Å². The number of hydrogen-bond donors (Lipinski definition) is 3. The quantitative estimate of drug-likeness (QED) is 0.376. The fourth-order valence-electron chi connectivity index (χ4n) is 0.338. The first-order valence-electron chi connectivity index (χ1n) is 2.50. The Bertz CT molecular complexity index is 138. The van der Waals surface area contributed by atoms with E-state index in [9.17, 15) is 4.79 Å². The summed E-state index contributed by atoms with van der Waals surface area (Å²) in [5, 5.41) is 25.9. The van der Waals surface area contributed by atoms with Gasteiger partial charge < -0.3 is 15.3 Å². The summed E-state index contributed by atoms with van der Waals surface area (Å²) in [6, 6.07) is 0. The van der Waals surface area contributed by atoms with E-state index in [1.165, 1.54) is 0 Å². The third kappa shape index (κ3) is 2.43. The van der Waals surface area contributed by atoms with Crippen LogP contribution >= 0.6 is 9.24 Å². The molecule has 58 valence electrons. The van der Waals surface area contributed by atoms with Crippen LogP contribution in [0.3, 0.4) is 0 Å². The number of rotatable bonds is 3. The minimum absolute atomic E-state index is 0.622. The van der Waals surface area contributed by atoms with Crippen LogP contribution < -0.4 is 0 Å². The maximum Gasteiger partial charge on any atom is 0.179 e. The molecule has 0 aliphatic carbocycles. The van der Waals surface area contributed by atoms with Gasteiger partial charge in [0.25, 0.3) is 0 Å². The van der Waals surface area contributed by atoms with E-state index >= 15 is 0 Å². The topological polar surface area (TPSA) is 77.8 Å². The number of carbonyl (C=O) groups is 1. The Labute approximate surface area is 60.4 Å². The van der Waals surface area contributed by atoms with Crippen molar-refractivity contribution in [2.24, 2.45) is 0 Å². The lowest BCUT2D eigenvalue weighted by atomic mass is 10.2. The summed E-state index contributed by atoms with van der Waals surface area (Å²) >= 11 is 0. The fraction of sp³-hybridized carbons (Fsp3) is 0.400. The van der Waals surface area contributed by atoms with Crippen LogP contribution in [0.1, 0.15) is 0 Å². The fourth-order valence-corrected chi connectivity index (χ4v) is 0.520. The lowest BCUT2D eigenvalue weighted by Crippen LogP contribution is -2.32. The minimum Gasteiger partial charge on any atom is -0.510 e. The SMILES string of the molecule is C=C(O)[C@H](O)[C@@H](O)C(=O)P. The van der Waals surface area contributed by atoms with Gasteiger partial charge in [-0.1, -0.05) is 15.8 Å². The smallest absolute Gasteiger partial charge is 0.179 e. The zero-order valence-corrected chi connectivity index (χ0v) is 6.34. The first kappa shape index (κ1) is 9.56. The van der Waals surface area contributed by atoms with Crippen molar-refractivity contribution < 1.29 is 20.1 Å². The first-order valence-corrected chi connectivity index (χ1v) is 3.07. The highest BCUT2D eigenvalue weighted by molar-refractivity contribution is 7.40. The zero-order valence-electron chi connectivity index (χ0n) is 5.19. The van der Waals surface area contributed by atoms with Crippen LogP contribution in [0, 0.1) is 0 Å². The molecule has 0 aromatic rings. The molecule has 0 spiro atoms. The van der Waals surface area contributed by atoms with Gasteiger partial charge in [0.2, 0.25) is 0 Å². The molecule has 0 heterocycles. The van der Waals surface area contributed by atoms with E-state index in [0.717, 1.165) is 0 Å². The molecule has 0 bridgehead atoms. The summed E-state index contributed by atoms with van der Waals surface area (Å²) in [5.74, 6) is -0.622. The van der Waals surface area contributed by atoms with E-state index in [1.807, 2.05) is 0 Å². The maximum absolute atomic E-state index is 10.3. The summed E-state index contributed by atoms with van der Waals surface area (Å²) in [5.41, 5.74) is -0.692. The van der Waals surface area contributed by atoms with Crippen LogP contribution in [0.2, 0.25) is 0 Å². The van der Waals surface area contributed by atoms with Gasteiger partial charge in [0.1, 0.15) is 18.0 Å². The third-order valence-electron chi connectivity index (χ3n) is 0.932. The molecule has 4 nitrogen and oxygen atoms in total. The summed E-state index contributed by atoms with van der Waals surface area (Å²) in [6.45, 7) is 2.94. The molecule has 0 aromatic carbocycles. The van der Waals surface area contributed by atoms with Crippen LogP contribution in [0.5, 0.6) is 0 Å². The predicted octanol–water partition coefficient (Wildman–Crippen LogP) is -0.818. The molecule has 1 unspecified atom stereocenters. The average Bonchev–Trinajstić information content (AvgIpc) is 1.84.